The number of nitrogens with zero attached hydrogens (tertiary/aromatic N) is 7. The van der Waals surface area contributed by atoms with Crippen LogP contribution in [0.1, 0.15) is 25.7 Å². The third kappa shape index (κ3) is 5.64. The molecule has 5 heterocycles. The molecular weight excluding hydrogens is 540 g/mol. The van der Waals surface area contributed by atoms with Crippen LogP contribution in [0.2, 0.25) is 5.02 Å². The van der Waals surface area contributed by atoms with Gasteiger partial charge in [-0.2, -0.15) is 9.97 Å². The smallest absolute Gasteiger partial charge is 0.302 e. The topological polar surface area (TPSA) is 80.7 Å². The number of carbonyl (C=O) groups is 1. The second kappa shape index (κ2) is 11.5. The Balaban J connectivity index is 1.06. The molecule has 1 amide bonds. The van der Waals surface area contributed by atoms with Gasteiger partial charge in [-0.3, -0.25) is 9.52 Å². The Bertz CT molecular complexity index is 1240. The fraction of sp³-hybridized carbons (Fsp3) is 0.462. The molecule has 38 heavy (non-hydrogen) atoms. The summed E-state index contributed by atoms with van der Waals surface area (Å²) in [6.45, 7) is 6.95. The van der Waals surface area contributed by atoms with Crippen LogP contribution in [0.15, 0.2) is 35.7 Å². The van der Waals surface area contributed by atoms with Gasteiger partial charge in [0.25, 0.3) is 0 Å². The van der Waals surface area contributed by atoms with Crippen LogP contribution >= 0.6 is 34.9 Å². The summed E-state index contributed by atoms with van der Waals surface area (Å²) in [6.07, 6.45) is 4.82. The van der Waals surface area contributed by atoms with Crippen LogP contribution in [-0.2, 0) is 0 Å². The maximum atomic E-state index is 12.9. The summed E-state index contributed by atoms with van der Waals surface area (Å²) in [5.74, 6) is 2.85. The minimum atomic E-state index is -0.00246. The van der Waals surface area contributed by atoms with E-state index in [0.29, 0.717) is 23.2 Å². The quantitative estimate of drug-likeness (QED) is 0.389. The minimum Gasteiger partial charge on any atom is -0.356 e. The molecule has 2 aromatic heterocycles. The van der Waals surface area contributed by atoms with Crippen molar-refractivity contribution in [2.45, 2.75) is 25.7 Å². The predicted molar refractivity (Wildman–Crippen MR) is 158 cm³/mol. The summed E-state index contributed by atoms with van der Waals surface area (Å²) >= 11 is 8.84. The zero-order valence-corrected chi connectivity index (χ0v) is 23.6. The Kier molecular flexibility index (Phi) is 7.75. The second-order valence-electron chi connectivity index (χ2n) is 9.73. The average molecular weight is 571 g/mol. The molecule has 3 saturated heterocycles. The number of amides is 1. The van der Waals surface area contributed by atoms with Crippen LogP contribution in [0.5, 0.6) is 0 Å². The summed E-state index contributed by atoms with van der Waals surface area (Å²) in [6, 6.07) is 9.77. The summed E-state index contributed by atoms with van der Waals surface area (Å²) in [4.78, 5) is 36.3. The monoisotopic (exact) mass is 570 g/mol. The van der Waals surface area contributed by atoms with E-state index >= 15 is 0 Å². The van der Waals surface area contributed by atoms with E-state index in [4.69, 9.17) is 21.6 Å². The van der Waals surface area contributed by atoms with E-state index in [2.05, 4.69) is 30.5 Å². The highest BCUT2D eigenvalue weighted by atomic mass is 35.5. The third-order valence-electron chi connectivity index (χ3n) is 7.25. The number of rotatable bonds is 6. The first-order chi connectivity index (χ1) is 18.6. The number of hydrogen-bond donors (Lipinski definition) is 1. The molecule has 0 saturated carbocycles. The number of anilines is 4. The van der Waals surface area contributed by atoms with Gasteiger partial charge in [0.15, 0.2) is 5.13 Å². The highest BCUT2D eigenvalue weighted by Crippen LogP contribution is 2.32. The van der Waals surface area contributed by atoms with Crippen molar-refractivity contribution in [3.63, 3.8) is 0 Å². The Morgan fingerprint density at radius 1 is 0.842 bits per heavy atom. The van der Waals surface area contributed by atoms with E-state index in [1.54, 1.807) is 0 Å². The zero-order valence-electron chi connectivity index (χ0n) is 21.2. The highest BCUT2D eigenvalue weighted by molar-refractivity contribution is 8.14. The van der Waals surface area contributed by atoms with E-state index < -0.39 is 0 Å². The zero-order chi connectivity index (χ0) is 25.9. The number of halogens is 1. The van der Waals surface area contributed by atoms with Crippen molar-refractivity contribution in [1.29, 1.82) is 0 Å². The fourth-order valence-corrected chi connectivity index (χ4v) is 6.76. The van der Waals surface area contributed by atoms with Crippen molar-refractivity contribution in [2.24, 2.45) is 0 Å². The lowest BCUT2D eigenvalue weighted by Gasteiger charge is -2.35. The van der Waals surface area contributed by atoms with Crippen molar-refractivity contribution in [3.05, 3.63) is 40.7 Å². The summed E-state index contributed by atoms with van der Waals surface area (Å²) in [5.41, 5.74) is 1.69. The Hall–Kier alpha value is -2.76. The Labute approximate surface area is 236 Å². The van der Waals surface area contributed by atoms with Crippen LogP contribution in [0.25, 0.3) is 11.3 Å². The molecule has 0 aliphatic carbocycles. The van der Waals surface area contributed by atoms with Crippen LogP contribution in [-0.4, -0.2) is 77.4 Å². The molecule has 3 fully saturated rings. The molecule has 9 nitrogen and oxygen atoms in total. The molecule has 0 atom stereocenters. The van der Waals surface area contributed by atoms with E-state index in [1.807, 2.05) is 34.5 Å². The van der Waals surface area contributed by atoms with Crippen molar-refractivity contribution in [2.75, 3.05) is 71.8 Å². The maximum absolute atomic E-state index is 12.9. The molecule has 0 spiro atoms. The molecule has 3 aromatic rings. The first-order valence-electron chi connectivity index (χ1n) is 13.2. The van der Waals surface area contributed by atoms with Crippen LogP contribution < -0.4 is 19.4 Å². The molecular formula is C26H31ClN8OS2. The van der Waals surface area contributed by atoms with Gasteiger partial charge < -0.3 is 19.6 Å². The minimum absolute atomic E-state index is 0.00246. The molecule has 0 bridgehead atoms. The maximum Gasteiger partial charge on any atom is 0.302 e. The van der Waals surface area contributed by atoms with Crippen LogP contribution in [0, 0.1) is 0 Å². The normalized spacial score (nSPS) is 17.9. The van der Waals surface area contributed by atoms with Gasteiger partial charge in [-0.15, -0.1) is 11.3 Å². The van der Waals surface area contributed by atoms with E-state index in [1.165, 1.54) is 37.0 Å². The van der Waals surface area contributed by atoms with Gasteiger partial charge in [0.1, 0.15) is 11.6 Å². The average Bonchev–Trinajstić information content (AvgIpc) is 3.75. The van der Waals surface area contributed by atoms with Crippen molar-refractivity contribution in [1.82, 2.24) is 19.9 Å². The molecule has 0 radical (unpaired) electrons. The number of thiazole rings is 1. The second-order valence-corrected chi connectivity index (χ2v) is 11.8. The summed E-state index contributed by atoms with van der Waals surface area (Å²) < 4.78 is 3.12. The van der Waals surface area contributed by atoms with Crippen molar-refractivity contribution >= 4 is 62.8 Å². The van der Waals surface area contributed by atoms with Gasteiger partial charge in [0, 0.05) is 86.3 Å². The number of carbonyl (C=O) groups excluding carboxylic acids is 1. The first-order valence-corrected chi connectivity index (χ1v) is 15.3. The number of nitrogens with one attached hydrogen (secondary N) is 1. The molecule has 1 aromatic carbocycles. The highest BCUT2D eigenvalue weighted by Gasteiger charge is 2.26. The number of hydrogen-bond acceptors (Lipinski definition) is 10. The van der Waals surface area contributed by atoms with Gasteiger partial charge in [-0.05, 0) is 31.7 Å². The number of benzene rings is 1. The third-order valence-corrected chi connectivity index (χ3v) is 9.19. The van der Waals surface area contributed by atoms with E-state index in [0.717, 1.165) is 80.1 Å². The summed E-state index contributed by atoms with van der Waals surface area (Å²) in [7, 11) is 0. The molecule has 0 unspecified atom stereocenters. The van der Waals surface area contributed by atoms with Crippen LogP contribution in [0.4, 0.5) is 27.5 Å². The van der Waals surface area contributed by atoms with Gasteiger partial charge in [-0.1, -0.05) is 29.8 Å². The Morgan fingerprint density at radius 2 is 1.47 bits per heavy atom. The largest absolute Gasteiger partial charge is 0.356 e. The first kappa shape index (κ1) is 25.5. The van der Waals surface area contributed by atoms with Gasteiger partial charge >= 0.3 is 5.24 Å². The van der Waals surface area contributed by atoms with Crippen LogP contribution in [0.3, 0.4) is 0 Å². The lowest BCUT2D eigenvalue weighted by atomic mass is 10.2. The Morgan fingerprint density at radius 3 is 2.16 bits per heavy atom. The molecule has 1 N–H and O–H groups in total. The molecule has 6 rings (SSSR count). The lowest BCUT2D eigenvalue weighted by Crippen LogP contribution is -2.48. The SMILES string of the molecule is O=C(SNc1nc(-c2ccccc2Cl)cs1)N1CCN(c2cc(N3CCCC3)nc(N3CCCC3)n2)CC1. The van der Waals surface area contributed by atoms with Gasteiger partial charge in [0.05, 0.1) is 5.69 Å². The van der Waals surface area contributed by atoms with E-state index in [9.17, 15) is 4.79 Å². The lowest BCUT2D eigenvalue weighted by molar-refractivity contribution is 0.219. The predicted octanol–water partition coefficient (Wildman–Crippen LogP) is 5.46. The number of aromatic nitrogens is 3. The molecule has 3 aliphatic rings. The number of piperazine rings is 1. The van der Waals surface area contributed by atoms with Crippen molar-refractivity contribution < 1.29 is 4.79 Å². The molecule has 3 aliphatic heterocycles. The van der Waals surface area contributed by atoms with Crippen molar-refractivity contribution in [3.8, 4) is 11.3 Å². The molecule has 12 heteroatoms. The fourth-order valence-electron chi connectivity index (χ4n) is 5.12. The summed E-state index contributed by atoms with van der Waals surface area (Å²) in [5, 5.41) is 3.29. The van der Waals surface area contributed by atoms with Gasteiger partial charge in [-0.25, -0.2) is 4.98 Å². The van der Waals surface area contributed by atoms with E-state index in [-0.39, 0.29) is 5.24 Å². The van der Waals surface area contributed by atoms with Gasteiger partial charge in [0.2, 0.25) is 5.95 Å². The molecule has 200 valence electrons. The standard InChI is InChI=1S/C26H31ClN8OS2/c27-20-8-2-1-7-19(20)21-18-37-25(28-21)31-38-26(36)35-15-13-33(14-16-35)23-17-22(32-9-3-4-10-32)29-24(30-23)34-11-5-6-12-34/h1-2,7-8,17-18H,3-6,9-16H2,(H,28,31).